The van der Waals surface area contributed by atoms with Crippen molar-refractivity contribution in [3.63, 3.8) is 0 Å². The van der Waals surface area contributed by atoms with Crippen molar-refractivity contribution in [1.29, 1.82) is 0 Å². The average Bonchev–Trinajstić information content (AvgIpc) is 3.31. The van der Waals surface area contributed by atoms with Gasteiger partial charge in [-0.1, -0.05) is 151 Å². The normalized spacial score (nSPS) is 16.8. The largest absolute Gasteiger partial charge is 0.253 e. The first kappa shape index (κ1) is 36.3. The number of aliphatic imine (C=N–C) groups is 1. The van der Waals surface area contributed by atoms with Gasteiger partial charge < -0.3 is 0 Å². The van der Waals surface area contributed by atoms with Crippen LogP contribution in [-0.2, 0) is 0 Å². The summed E-state index contributed by atoms with van der Waals surface area (Å²) in [7, 11) is 0. The van der Waals surface area contributed by atoms with Gasteiger partial charge in [-0.05, 0) is 153 Å². The lowest BCUT2D eigenvalue weighted by atomic mass is 9.89. The van der Waals surface area contributed by atoms with Gasteiger partial charge >= 0.3 is 0 Å². The Morgan fingerprint density at radius 2 is 0.875 bits per heavy atom. The van der Waals surface area contributed by atoms with Crippen LogP contribution in [0, 0.1) is 4.91 Å². The van der Waals surface area contributed by atoms with Crippen molar-refractivity contribution in [2.45, 2.75) is 39.0 Å². The fraction of sp³-hybridized carbons (Fsp3) is 0.113. The molecule has 56 heavy (non-hydrogen) atoms. The van der Waals surface area contributed by atoms with E-state index >= 15 is 0 Å². The highest BCUT2D eigenvalue weighted by molar-refractivity contribution is 6.03. The fourth-order valence-electron chi connectivity index (χ4n) is 7.73. The summed E-state index contributed by atoms with van der Waals surface area (Å²) in [6.45, 7) is 2.28. The molecule has 0 saturated carbocycles. The van der Waals surface area contributed by atoms with E-state index in [4.69, 9.17) is 4.99 Å². The van der Waals surface area contributed by atoms with Crippen LogP contribution in [0.4, 0.5) is 5.69 Å². The second-order valence-electron chi connectivity index (χ2n) is 14.5. The van der Waals surface area contributed by atoms with Gasteiger partial charge in [-0.2, -0.15) is 0 Å². The Hall–Kier alpha value is -6.71. The molecule has 0 aromatic heterocycles. The molecule has 1 aliphatic rings. The zero-order chi connectivity index (χ0) is 38.1. The highest BCUT2D eigenvalue weighted by Gasteiger charge is 2.15. The predicted octanol–water partition coefficient (Wildman–Crippen LogP) is 15.0. The Bertz CT molecular complexity index is 2490. The summed E-state index contributed by atoms with van der Waals surface area (Å²) in [6, 6.07) is 63.5. The molecule has 0 radical (unpaired) electrons. The second kappa shape index (κ2) is 17.2. The summed E-state index contributed by atoms with van der Waals surface area (Å²) in [4.78, 5) is 17.6. The van der Waals surface area contributed by atoms with E-state index in [9.17, 15) is 4.91 Å². The van der Waals surface area contributed by atoms with Crippen LogP contribution in [-0.4, -0.2) is 5.71 Å². The van der Waals surface area contributed by atoms with Crippen LogP contribution in [0.25, 0.3) is 55.8 Å². The first-order chi connectivity index (χ1) is 27.6. The Kier molecular flexibility index (Phi) is 11.1. The Morgan fingerprint density at radius 3 is 1.45 bits per heavy atom. The molecule has 3 heteroatoms. The standard InChI is InChI=1S/C53H44N2O/c1-38-29-30-53(42-23-12-5-13-24-42)54-52(41-21-10-4-11-22-41)28-15-14-27-51(38)44-26-16-25-43(31-44)48-35-49(37-50(36-48)55-56)47-33-45(39-17-6-2-7-18-39)32-46(34-47)40-19-8-3-9-20-40/h2-13,16-26,28,31-37H,14-15,27,29-30H2,1H3/b51-38+,52-28-,54-53+. The van der Waals surface area contributed by atoms with Crippen molar-refractivity contribution in [3.8, 4) is 44.5 Å². The molecule has 0 bridgehead atoms. The van der Waals surface area contributed by atoms with E-state index in [1.165, 1.54) is 16.7 Å². The molecule has 7 aromatic rings. The van der Waals surface area contributed by atoms with Crippen molar-refractivity contribution < 1.29 is 0 Å². The molecule has 272 valence electrons. The fourth-order valence-corrected chi connectivity index (χ4v) is 7.73. The number of nitrogens with zero attached hydrogens (tertiary/aromatic N) is 2. The third-order valence-corrected chi connectivity index (χ3v) is 10.7. The molecule has 0 atom stereocenters. The van der Waals surface area contributed by atoms with Crippen molar-refractivity contribution in [3.05, 3.63) is 215 Å². The molecule has 8 rings (SSSR count). The monoisotopic (exact) mass is 724 g/mol. The van der Waals surface area contributed by atoms with Gasteiger partial charge in [0, 0.05) is 5.71 Å². The zero-order valence-corrected chi connectivity index (χ0v) is 31.7. The Labute approximate surface area is 330 Å². The van der Waals surface area contributed by atoms with Gasteiger partial charge in [0.2, 0.25) is 0 Å². The van der Waals surface area contributed by atoms with Crippen molar-refractivity contribution in [1.82, 2.24) is 0 Å². The van der Waals surface area contributed by atoms with Gasteiger partial charge in [-0.25, -0.2) is 0 Å². The Balaban J connectivity index is 1.16. The van der Waals surface area contributed by atoms with Crippen molar-refractivity contribution in [2.75, 3.05) is 0 Å². The van der Waals surface area contributed by atoms with E-state index in [0.717, 1.165) is 99.1 Å². The van der Waals surface area contributed by atoms with Crippen LogP contribution in [0.15, 0.2) is 204 Å². The molecule has 0 amide bonds. The molecule has 0 fully saturated rings. The minimum atomic E-state index is 0.411. The SMILES string of the molecule is C/C1=C(\c2cccc(-c3cc(N=O)cc(-c4cc(-c5ccccc5)cc(-c5ccccc5)c4)c3)c2)CCC/C=C(c2ccccc2)\N=C(\c2ccccc2)CC1. The number of hydrogen-bond donors (Lipinski definition) is 0. The van der Waals surface area contributed by atoms with Crippen LogP contribution in [0.1, 0.15) is 55.7 Å². The summed E-state index contributed by atoms with van der Waals surface area (Å²) >= 11 is 0. The summed E-state index contributed by atoms with van der Waals surface area (Å²) in [5.74, 6) is 0. The second-order valence-corrected chi connectivity index (χ2v) is 14.5. The minimum Gasteiger partial charge on any atom is -0.253 e. The van der Waals surface area contributed by atoms with E-state index < -0.39 is 0 Å². The average molecular weight is 725 g/mol. The Morgan fingerprint density at radius 1 is 0.429 bits per heavy atom. The van der Waals surface area contributed by atoms with Gasteiger partial charge in [0.15, 0.2) is 0 Å². The van der Waals surface area contributed by atoms with Gasteiger partial charge in [-0.3, -0.25) is 4.99 Å². The number of allylic oxidation sites excluding steroid dienone is 3. The smallest absolute Gasteiger partial charge is 0.109 e. The van der Waals surface area contributed by atoms with Gasteiger partial charge in [-0.15, -0.1) is 4.91 Å². The van der Waals surface area contributed by atoms with Crippen molar-refractivity contribution in [2.24, 2.45) is 10.2 Å². The summed E-state index contributed by atoms with van der Waals surface area (Å²) in [6.07, 6.45) is 6.96. The maximum absolute atomic E-state index is 12.2. The summed E-state index contributed by atoms with van der Waals surface area (Å²) in [5.41, 5.74) is 17.4. The molecular weight excluding hydrogens is 681 g/mol. The number of nitroso groups, excluding NO2 is 1. The third kappa shape index (κ3) is 8.48. The topological polar surface area (TPSA) is 41.8 Å². The van der Waals surface area contributed by atoms with E-state index in [0.29, 0.717) is 5.69 Å². The zero-order valence-electron chi connectivity index (χ0n) is 31.7. The molecule has 0 aliphatic carbocycles. The van der Waals surface area contributed by atoms with Crippen LogP contribution in [0.3, 0.4) is 0 Å². The summed E-state index contributed by atoms with van der Waals surface area (Å²) in [5, 5.41) is 3.46. The maximum Gasteiger partial charge on any atom is 0.109 e. The molecule has 0 saturated heterocycles. The van der Waals surface area contributed by atoms with Crippen LogP contribution < -0.4 is 0 Å². The highest BCUT2D eigenvalue weighted by atomic mass is 16.3. The predicted molar refractivity (Wildman–Crippen MR) is 237 cm³/mol. The van der Waals surface area contributed by atoms with Crippen molar-refractivity contribution >= 4 is 22.7 Å². The third-order valence-electron chi connectivity index (χ3n) is 10.7. The van der Waals surface area contributed by atoms with Gasteiger partial charge in [0.25, 0.3) is 0 Å². The lowest BCUT2D eigenvalue weighted by Crippen LogP contribution is -2.03. The van der Waals surface area contributed by atoms with Gasteiger partial charge in [0.05, 0.1) is 5.70 Å². The van der Waals surface area contributed by atoms with Crippen LogP contribution in [0.2, 0.25) is 0 Å². The summed E-state index contributed by atoms with van der Waals surface area (Å²) < 4.78 is 0. The molecule has 0 N–H and O–H groups in total. The van der Waals surface area contributed by atoms with Gasteiger partial charge in [0.1, 0.15) is 5.69 Å². The lowest BCUT2D eigenvalue weighted by Gasteiger charge is -2.16. The highest BCUT2D eigenvalue weighted by Crippen LogP contribution is 2.38. The molecule has 0 unspecified atom stereocenters. The minimum absolute atomic E-state index is 0.411. The number of rotatable bonds is 8. The molecule has 3 nitrogen and oxygen atoms in total. The molecule has 7 aromatic carbocycles. The van der Waals surface area contributed by atoms with Crippen LogP contribution >= 0.6 is 0 Å². The number of benzene rings is 7. The molecule has 1 heterocycles. The quantitative estimate of drug-likeness (QED) is 0.144. The van der Waals surface area contributed by atoms with E-state index in [1.807, 2.05) is 24.3 Å². The molecular formula is C53H44N2O. The van der Waals surface area contributed by atoms with E-state index in [2.05, 4.69) is 176 Å². The lowest BCUT2D eigenvalue weighted by molar-refractivity contribution is 0.869. The van der Waals surface area contributed by atoms with E-state index in [-0.39, 0.29) is 0 Å². The maximum atomic E-state index is 12.2. The number of hydrogen-bond acceptors (Lipinski definition) is 3. The first-order valence-electron chi connectivity index (χ1n) is 19.5. The van der Waals surface area contributed by atoms with Crippen LogP contribution in [0.5, 0.6) is 0 Å². The molecule has 0 spiro atoms. The first-order valence-corrected chi connectivity index (χ1v) is 19.5. The van der Waals surface area contributed by atoms with E-state index in [1.54, 1.807) is 0 Å². The molecule has 1 aliphatic heterocycles.